The number of unbranched alkanes of at least 4 members (excludes halogenated alkanes) is 1. The molecule has 0 aromatic rings. The molecule has 0 radical (unpaired) electrons. The van der Waals surface area contributed by atoms with E-state index < -0.39 is 17.0 Å². The molecule has 1 aliphatic heterocycles. The molecule has 1 rings (SSSR count). The molecule has 0 aliphatic carbocycles. The molecule has 0 aromatic heterocycles. The molecule has 17 heavy (non-hydrogen) atoms. The molecule has 0 spiro atoms. The van der Waals surface area contributed by atoms with Crippen molar-refractivity contribution in [1.82, 2.24) is 4.90 Å². The number of hydrogen-bond acceptors (Lipinski definition) is 6. The van der Waals surface area contributed by atoms with Crippen LogP contribution >= 0.6 is 11.8 Å². The van der Waals surface area contributed by atoms with Gasteiger partial charge in [0.2, 0.25) is 5.91 Å². The fourth-order valence-corrected chi connectivity index (χ4v) is 2.49. The number of nitrogens with two attached hydrogens (primary N) is 1. The third-order valence-corrected chi connectivity index (χ3v) is 3.26. The van der Waals surface area contributed by atoms with Crippen molar-refractivity contribution in [2.75, 3.05) is 18.9 Å². The van der Waals surface area contributed by atoms with Gasteiger partial charge < -0.3 is 15.5 Å². The van der Waals surface area contributed by atoms with E-state index in [1.54, 1.807) is 0 Å². The first-order valence-corrected chi connectivity index (χ1v) is 6.01. The normalized spacial score (nSPS) is 19.4. The average Bonchev–Trinajstić information content (AvgIpc) is 2.59. The lowest BCUT2D eigenvalue weighted by Crippen LogP contribution is -2.43. The van der Waals surface area contributed by atoms with Crippen LogP contribution in [0.15, 0.2) is 0 Å². The van der Waals surface area contributed by atoms with E-state index in [1.165, 1.54) is 4.90 Å². The second-order valence-corrected chi connectivity index (χ2v) is 4.42. The molecule has 1 saturated heterocycles. The lowest BCUT2D eigenvalue weighted by Gasteiger charge is -2.20. The summed E-state index contributed by atoms with van der Waals surface area (Å²) in [6.07, 6.45) is 0.977. The highest BCUT2D eigenvalue weighted by Crippen LogP contribution is 2.23. The minimum absolute atomic E-state index is 0.0105. The summed E-state index contributed by atoms with van der Waals surface area (Å²) in [7, 11) is 0. The Labute approximate surface area is 102 Å². The molecule has 1 heterocycles. The maximum absolute atomic E-state index is 11.4. The van der Waals surface area contributed by atoms with Gasteiger partial charge in [-0.1, -0.05) is 11.8 Å². The van der Waals surface area contributed by atoms with Gasteiger partial charge in [-0.2, -0.15) is 0 Å². The predicted octanol–water partition coefficient (Wildman–Crippen LogP) is -0.00240. The SMILES string of the molecule is NC(=O)[C@@H]1CSC(=O)N1CCCCO[N+](=O)[O-]. The Bertz CT molecular complexity index is 324. The molecule has 0 bridgehead atoms. The largest absolute Gasteiger partial charge is 0.368 e. The van der Waals surface area contributed by atoms with E-state index in [9.17, 15) is 19.7 Å². The Kier molecular flexibility index (Phi) is 5.01. The van der Waals surface area contributed by atoms with Gasteiger partial charge in [-0.25, -0.2) is 0 Å². The molecule has 1 aliphatic rings. The van der Waals surface area contributed by atoms with Gasteiger partial charge in [-0.15, -0.1) is 10.1 Å². The number of nitrogens with zero attached hydrogens (tertiary/aromatic N) is 2. The summed E-state index contributed by atoms with van der Waals surface area (Å²) in [5.41, 5.74) is 5.16. The summed E-state index contributed by atoms with van der Waals surface area (Å²) < 4.78 is 0. The van der Waals surface area contributed by atoms with Crippen molar-refractivity contribution in [1.29, 1.82) is 0 Å². The predicted molar refractivity (Wildman–Crippen MR) is 59.7 cm³/mol. The summed E-state index contributed by atoms with van der Waals surface area (Å²) >= 11 is 1.06. The van der Waals surface area contributed by atoms with Crippen molar-refractivity contribution in [3.63, 3.8) is 0 Å². The highest BCUT2D eigenvalue weighted by Gasteiger charge is 2.34. The Morgan fingerprint density at radius 1 is 1.65 bits per heavy atom. The van der Waals surface area contributed by atoms with Crippen molar-refractivity contribution in [2.24, 2.45) is 5.73 Å². The van der Waals surface area contributed by atoms with Crippen LogP contribution in [0.4, 0.5) is 4.79 Å². The van der Waals surface area contributed by atoms with Crippen molar-refractivity contribution in [3.05, 3.63) is 10.1 Å². The molecular formula is C8H13N3O5S. The number of amides is 2. The monoisotopic (exact) mass is 263 g/mol. The Hall–Kier alpha value is -1.51. The van der Waals surface area contributed by atoms with E-state index >= 15 is 0 Å². The number of rotatable bonds is 7. The zero-order valence-corrected chi connectivity index (χ0v) is 9.85. The third-order valence-electron chi connectivity index (χ3n) is 2.29. The van der Waals surface area contributed by atoms with Crippen molar-refractivity contribution < 1.29 is 19.5 Å². The van der Waals surface area contributed by atoms with Gasteiger partial charge in [0.1, 0.15) is 6.04 Å². The fourth-order valence-electron chi connectivity index (χ4n) is 1.46. The Morgan fingerprint density at radius 2 is 2.35 bits per heavy atom. The van der Waals surface area contributed by atoms with E-state index in [2.05, 4.69) is 4.84 Å². The molecule has 1 fully saturated rings. The van der Waals surface area contributed by atoms with Crippen molar-refractivity contribution in [3.8, 4) is 0 Å². The van der Waals surface area contributed by atoms with Gasteiger partial charge in [0.05, 0.1) is 6.61 Å². The highest BCUT2D eigenvalue weighted by molar-refractivity contribution is 8.13. The van der Waals surface area contributed by atoms with Crippen LogP contribution in [0.2, 0.25) is 0 Å². The van der Waals surface area contributed by atoms with Crippen LogP contribution in [0.1, 0.15) is 12.8 Å². The highest BCUT2D eigenvalue weighted by atomic mass is 32.2. The molecule has 96 valence electrons. The van der Waals surface area contributed by atoms with E-state index in [0.29, 0.717) is 25.1 Å². The van der Waals surface area contributed by atoms with Crippen LogP contribution < -0.4 is 5.73 Å². The smallest absolute Gasteiger partial charge is 0.294 e. The minimum Gasteiger partial charge on any atom is -0.368 e. The van der Waals surface area contributed by atoms with Gasteiger partial charge in [0.25, 0.3) is 10.3 Å². The van der Waals surface area contributed by atoms with Gasteiger partial charge >= 0.3 is 0 Å². The standard InChI is InChI=1S/C8H13N3O5S/c9-7(12)6-5-17-8(13)10(6)3-1-2-4-16-11(14)15/h6H,1-5H2,(H2,9,12)/t6-/m0/s1. The summed E-state index contributed by atoms with van der Waals surface area (Å²) in [5, 5.41) is 8.83. The van der Waals surface area contributed by atoms with E-state index in [1.807, 2.05) is 0 Å². The maximum Gasteiger partial charge on any atom is 0.294 e. The quantitative estimate of drug-likeness (QED) is 0.392. The average molecular weight is 263 g/mol. The molecular weight excluding hydrogens is 250 g/mol. The lowest BCUT2D eigenvalue weighted by atomic mass is 10.2. The summed E-state index contributed by atoms with van der Waals surface area (Å²) in [4.78, 5) is 37.8. The van der Waals surface area contributed by atoms with Crippen LogP contribution in [-0.2, 0) is 9.63 Å². The summed E-state index contributed by atoms with van der Waals surface area (Å²) in [6, 6.07) is -0.566. The maximum atomic E-state index is 11.4. The fraction of sp³-hybridized carbons (Fsp3) is 0.750. The zero-order chi connectivity index (χ0) is 12.8. The van der Waals surface area contributed by atoms with Gasteiger partial charge in [0, 0.05) is 12.3 Å². The Balaban J connectivity index is 2.27. The van der Waals surface area contributed by atoms with Crippen molar-refractivity contribution in [2.45, 2.75) is 18.9 Å². The topological polar surface area (TPSA) is 116 Å². The van der Waals surface area contributed by atoms with Gasteiger partial charge in [0.15, 0.2) is 0 Å². The first-order valence-electron chi connectivity index (χ1n) is 5.02. The number of carbonyl (C=O) groups is 2. The number of thioether (sulfide) groups is 1. The number of carbonyl (C=O) groups excluding carboxylic acids is 2. The zero-order valence-electron chi connectivity index (χ0n) is 9.03. The third kappa shape index (κ3) is 4.10. The first-order chi connectivity index (χ1) is 8.02. The molecule has 2 N–H and O–H groups in total. The molecule has 0 saturated carbocycles. The van der Waals surface area contributed by atoms with Crippen LogP contribution in [0.3, 0.4) is 0 Å². The second kappa shape index (κ2) is 6.28. The number of hydrogen-bond donors (Lipinski definition) is 1. The molecule has 1 atom stereocenters. The minimum atomic E-state index is -0.858. The van der Waals surface area contributed by atoms with Gasteiger partial charge in [-0.3, -0.25) is 9.59 Å². The number of primary amides is 1. The summed E-state index contributed by atoms with van der Waals surface area (Å²) in [6.45, 7) is 0.351. The van der Waals surface area contributed by atoms with Crippen LogP contribution in [0, 0.1) is 10.1 Å². The van der Waals surface area contributed by atoms with E-state index in [-0.39, 0.29) is 11.8 Å². The second-order valence-electron chi connectivity index (χ2n) is 3.45. The van der Waals surface area contributed by atoms with Crippen LogP contribution in [-0.4, -0.2) is 46.1 Å². The molecule has 2 amide bonds. The van der Waals surface area contributed by atoms with E-state index in [4.69, 9.17) is 5.73 Å². The molecule has 9 heteroatoms. The molecule has 0 aromatic carbocycles. The van der Waals surface area contributed by atoms with E-state index in [0.717, 1.165) is 11.8 Å². The van der Waals surface area contributed by atoms with Crippen LogP contribution in [0.5, 0.6) is 0 Å². The van der Waals surface area contributed by atoms with Crippen LogP contribution in [0.25, 0.3) is 0 Å². The lowest BCUT2D eigenvalue weighted by molar-refractivity contribution is -0.757. The van der Waals surface area contributed by atoms with Gasteiger partial charge in [-0.05, 0) is 12.8 Å². The Morgan fingerprint density at radius 3 is 2.94 bits per heavy atom. The first kappa shape index (κ1) is 13.6. The summed E-state index contributed by atoms with van der Waals surface area (Å²) in [5.74, 6) is -0.149. The molecule has 0 unspecified atom stereocenters. The molecule has 8 nitrogen and oxygen atoms in total. The van der Waals surface area contributed by atoms with Crippen molar-refractivity contribution >= 4 is 22.9 Å².